The number of esters is 2. The fraction of sp³-hybridized carbons (Fsp3) is 0.400. The number of aliphatic hydroxyl groups is 6. The summed E-state index contributed by atoms with van der Waals surface area (Å²) in [6.45, 7) is -2.30. The Hall–Kier alpha value is -3.90. The first-order valence-electron chi connectivity index (χ1n) is 13.7. The van der Waals surface area contributed by atoms with Crippen molar-refractivity contribution < 1.29 is 74.1 Å². The normalized spacial score (nSPS) is 31.8. The third-order valence-corrected chi connectivity index (χ3v) is 7.10. The van der Waals surface area contributed by atoms with Crippen molar-refractivity contribution in [1.29, 1.82) is 0 Å². The van der Waals surface area contributed by atoms with Gasteiger partial charge in [0.2, 0.25) is 5.79 Å². The fourth-order valence-corrected chi connectivity index (χ4v) is 4.53. The van der Waals surface area contributed by atoms with Crippen molar-refractivity contribution in [3.05, 3.63) is 71.8 Å². The zero-order chi connectivity index (χ0) is 32.7. The number of carbonyl (C=O) groups excluding carboxylic acids is 2. The van der Waals surface area contributed by atoms with Gasteiger partial charge >= 0.3 is 11.9 Å². The monoisotopic (exact) mass is 634 g/mol. The number of phenolic OH excluding ortho intramolecular Hbond substituents is 2. The second-order valence-corrected chi connectivity index (χ2v) is 10.3. The van der Waals surface area contributed by atoms with Gasteiger partial charge in [0.1, 0.15) is 74.0 Å². The smallest absolute Gasteiger partial charge is 0.330 e. The van der Waals surface area contributed by atoms with Gasteiger partial charge in [-0.05, 0) is 47.5 Å². The number of phenols is 2. The van der Waals surface area contributed by atoms with Crippen LogP contribution in [0, 0.1) is 0 Å². The number of ether oxygens (including phenoxy) is 5. The van der Waals surface area contributed by atoms with E-state index >= 15 is 0 Å². The molecule has 0 radical (unpaired) electrons. The van der Waals surface area contributed by atoms with Crippen molar-refractivity contribution in [3.63, 3.8) is 0 Å². The van der Waals surface area contributed by atoms with Gasteiger partial charge in [0.05, 0.1) is 0 Å². The molecule has 4 rings (SSSR count). The van der Waals surface area contributed by atoms with E-state index in [2.05, 4.69) is 0 Å². The summed E-state index contributed by atoms with van der Waals surface area (Å²) in [5.74, 6) is -4.04. The summed E-state index contributed by atoms with van der Waals surface area (Å²) in [4.78, 5) is 24.3. The van der Waals surface area contributed by atoms with E-state index in [9.17, 15) is 50.4 Å². The molecule has 45 heavy (non-hydrogen) atoms. The Morgan fingerprint density at radius 2 is 1.20 bits per heavy atom. The minimum atomic E-state index is -2.43. The molecule has 9 atom stereocenters. The van der Waals surface area contributed by atoms with Gasteiger partial charge in [-0.1, -0.05) is 24.3 Å². The standard InChI is InChI=1S/C30H34O15/c31-15-30(28(40)25(37)21(44-30)14-42-23(35)12-6-17-3-9-19(33)10-4-17)45-29-27(39)26(38)24(36)20(43-29)13-41-22(34)11-5-16-1-7-18(32)8-2-16/h1-12,20-21,24-29,31-33,36-40H,13-15H2/b11-5+,12-6+/t20-,21+,24-,25+,26+,27-,28-,29-,30-/m1/s1. The fourth-order valence-electron chi connectivity index (χ4n) is 4.53. The first-order chi connectivity index (χ1) is 21.4. The molecule has 8 N–H and O–H groups in total. The number of carbonyl (C=O) groups is 2. The highest BCUT2D eigenvalue weighted by atomic mass is 16.8. The van der Waals surface area contributed by atoms with Crippen molar-refractivity contribution in [3.8, 4) is 11.5 Å². The highest BCUT2D eigenvalue weighted by molar-refractivity contribution is 5.87. The van der Waals surface area contributed by atoms with E-state index < -0.39 is 86.6 Å². The number of hydrogen-bond donors (Lipinski definition) is 8. The van der Waals surface area contributed by atoms with Crippen molar-refractivity contribution in [1.82, 2.24) is 0 Å². The van der Waals surface area contributed by atoms with E-state index in [-0.39, 0.29) is 11.5 Å². The quantitative estimate of drug-likeness (QED) is 0.104. The third-order valence-electron chi connectivity index (χ3n) is 7.10. The van der Waals surface area contributed by atoms with E-state index in [1.54, 1.807) is 24.3 Å². The lowest BCUT2D eigenvalue weighted by molar-refractivity contribution is -0.383. The molecule has 244 valence electrons. The van der Waals surface area contributed by atoms with E-state index in [1.165, 1.54) is 36.4 Å². The van der Waals surface area contributed by atoms with Gasteiger partial charge in [-0.25, -0.2) is 9.59 Å². The molecule has 2 aromatic carbocycles. The average Bonchev–Trinajstić information content (AvgIpc) is 3.27. The van der Waals surface area contributed by atoms with Crippen LogP contribution in [-0.2, 0) is 33.3 Å². The molecule has 0 aliphatic carbocycles. The van der Waals surface area contributed by atoms with Crippen LogP contribution in [0.1, 0.15) is 11.1 Å². The Kier molecular flexibility index (Phi) is 11.3. The molecule has 0 amide bonds. The van der Waals surface area contributed by atoms with E-state index in [0.29, 0.717) is 11.1 Å². The van der Waals surface area contributed by atoms with Crippen LogP contribution in [0.15, 0.2) is 60.7 Å². The summed E-state index contributed by atoms with van der Waals surface area (Å²) in [6.07, 6.45) is -9.07. The number of aromatic hydroxyl groups is 2. The minimum absolute atomic E-state index is 0.0401. The second-order valence-electron chi connectivity index (χ2n) is 10.3. The Labute approximate surface area is 256 Å². The number of rotatable bonds is 11. The van der Waals surface area contributed by atoms with Gasteiger partial charge in [0.15, 0.2) is 6.29 Å². The van der Waals surface area contributed by atoms with Gasteiger partial charge in [0, 0.05) is 12.2 Å². The Balaban J connectivity index is 1.35. The molecular weight excluding hydrogens is 600 g/mol. The van der Waals surface area contributed by atoms with Crippen LogP contribution in [0.3, 0.4) is 0 Å². The Morgan fingerprint density at radius 3 is 1.69 bits per heavy atom. The van der Waals surface area contributed by atoms with Crippen LogP contribution < -0.4 is 0 Å². The maximum Gasteiger partial charge on any atom is 0.330 e. The molecule has 2 aromatic rings. The Morgan fingerprint density at radius 1 is 0.711 bits per heavy atom. The van der Waals surface area contributed by atoms with Crippen molar-refractivity contribution in [2.24, 2.45) is 0 Å². The molecule has 0 saturated carbocycles. The molecule has 0 bridgehead atoms. The van der Waals surface area contributed by atoms with Gasteiger partial charge in [-0.3, -0.25) is 0 Å². The predicted octanol–water partition coefficient (Wildman–Crippen LogP) is -1.46. The van der Waals surface area contributed by atoms with Crippen molar-refractivity contribution >= 4 is 24.1 Å². The third kappa shape index (κ3) is 8.43. The van der Waals surface area contributed by atoms with Crippen molar-refractivity contribution in [2.75, 3.05) is 19.8 Å². The molecule has 15 nitrogen and oxygen atoms in total. The van der Waals surface area contributed by atoms with Crippen molar-refractivity contribution in [2.45, 2.75) is 54.8 Å². The maximum atomic E-state index is 12.2. The molecule has 0 unspecified atom stereocenters. The van der Waals surface area contributed by atoms with E-state index in [1.807, 2.05) is 0 Å². The van der Waals surface area contributed by atoms with Gasteiger partial charge in [-0.15, -0.1) is 0 Å². The average molecular weight is 635 g/mol. The molecule has 0 spiro atoms. The highest BCUT2D eigenvalue weighted by Crippen LogP contribution is 2.36. The number of benzene rings is 2. The zero-order valence-electron chi connectivity index (χ0n) is 23.6. The van der Waals surface area contributed by atoms with Gasteiger partial charge < -0.3 is 64.5 Å². The summed E-state index contributed by atoms with van der Waals surface area (Å²) in [5.41, 5.74) is 1.16. The van der Waals surface area contributed by atoms with Crippen LogP contribution in [0.5, 0.6) is 11.5 Å². The molecule has 2 saturated heterocycles. The predicted molar refractivity (Wildman–Crippen MR) is 151 cm³/mol. The van der Waals surface area contributed by atoms with Crippen LogP contribution in [-0.4, -0.2) is 127 Å². The Bertz CT molecular complexity index is 1340. The second kappa shape index (κ2) is 14.9. The molecular formula is C30H34O15. The number of aliphatic hydroxyl groups excluding tert-OH is 6. The summed E-state index contributed by atoms with van der Waals surface area (Å²) in [5, 5.41) is 81.2. The molecule has 2 aliphatic rings. The van der Waals surface area contributed by atoms with Crippen LogP contribution in [0.2, 0.25) is 0 Å². The summed E-state index contributed by atoms with van der Waals surface area (Å²) < 4.78 is 26.7. The van der Waals surface area contributed by atoms with Crippen LogP contribution in [0.4, 0.5) is 0 Å². The van der Waals surface area contributed by atoms with Crippen LogP contribution >= 0.6 is 0 Å². The van der Waals surface area contributed by atoms with E-state index in [4.69, 9.17) is 23.7 Å². The van der Waals surface area contributed by atoms with Crippen LogP contribution in [0.25, 0.3) is 12.2 Å². The SMILES string of the molecule is O=C(/C=C/c1ccc(O)cc1)OC[C@@H]1O[C@](CO)(O[C@H]2O[C@H](COC(=O)/C=C/c3ccc(O)cc3)[C@@H](O)[C@H](O)[C@H]2O)[C@H](O)[C@H]1O. The zero-order valence-corrected chi connectivity index (χ0v) is 23.6. The molecule has 0 aromatic heterocycles. The maximum absolute atomic E-state index is 12.2. The lowest BCUT2D eigenvalue weighted by Crippen LogP contribution is -2.62. The van der Waals surface area contributed by atoms with Gasteiger partial charge in [-0.2, -0.15) is 0 Å². The highest BCUT2D eigenvalue weighted by Gasteiger charge is 2.58. The van der Waals surface area contributed by atoms with E-state index in [0.717, 1.165) is 12.2 Å². The lowest BCUT2D eigenvalue weighted by Gasteiger charge is -2.43. The minimum Gasteiger partial charge on any atom is -0.508 e. The summed E-state index contributed by atoms with van der Waals surface area (Å²) >= 11 is 0. The molecule has 2 fully saturated rings. The molecule has 2 heterocycles. The lowest BCUT2D eigenvalue weighted by atomic mass is 9.99. The first kappa shape index (κ1) is 34.0. The number of hydrogen-bond acceptors (Lipinski definition) is 15. The first-order valence-corrected chi connectivity index (χ1v) is 13.7. The largest absolute Gasteiger partial charge is 0.508 e. The van der Waals surface area contributed by atoms with Gasteiger partial charge in [0.25, 0.3) is 0 Å². The summed E-state index contributed by atoms with van der Waals surface area (Å²) in [6, 6.07) is 11.9. The summed E-state index contributed by atoms with van der Waals surface area (Å²) in [7, 11) is 0. The topological polar surface area (TPSA) is 242 Å². The molecule has 15 heteroatoms. The molecule has 2 aliphatic heterocycles.